The van der Waals surface area contributed by atoms with Gasteiger partial charge in [0.05, 0.1) is 38.5 Å². The van der Waals surface area contributed by atoms with Crippen molar-refractivity contribution in [1.82, 2.24) is 29.3 Å². The minimum absolute atomic E-state index is 0.00804. The molecular formula is C21H24N6O3S. The van der Waals surface area contributed by atoms with Gasteiger partial charge in [-0.3, -0.25) is 4.79 Å². The third-order valence-electron chi connectivity index (χ3n) is 6.25. The number of benzene rings is 1. The average molecular weight is 441 g/mol. The summed E-state index contributed by atoms with van der Waals surface area (Å²) in [7, 11) is 3.24. The van der Waals surface area contributed by atoms with E-state index in [0.717, 1.165) is 54.4 Å². The molecule has 31 heavy (non-hydrogen) atoms. The van der Waals surface area contributed by atoms with Crippen LogP contribution in [0.2, 0.25) is 0 Å². The predicted molar refractivity (Wildman–Crippen MR) is 114 cm³/mol. The molecule has 5 rings (SSSR count). The van der Waals surface area contributed by atoms with E-state index in [9.17, 15) is 4.79 Å². The second-order valence-corrected chi connectivity index (χ2v) is 8.67. The lowest BCUT2D eigenvalue weighted by atomic mass is 9.87. The summed E-state index contributed by atoms with van der Waals surface area (Å²) < 4.78 is 17.0. The standard InChI is InChI=1S/C21H24N6O3S/c1-12-19(31-25-22-12)21(28)26-11-18-23-24-20(27(18)15-7-5-4-6-14(15)26)13-8-9-16(29-2)17(10-13)30-3/h8-10,14-15H,4-7,11H2,1-3H3/t14-,15-/m1/s1. The molecule has 0 N–H and O–H groups in total. The molecule has 1 aliphatic carbocycles. The second kappa shape index (κ2) is 7.92. The molecule has 0 bridgehead atoms. The lowest BCUT2D eigenvalue weighted by molar-refractivity contribution is 0.0424. The van der Waals surface area contributed by atoms with Crippen molar-refractivity contribution in [1.29, 1.82) is 0 Å². The molecule has 1 aliphatic heterocycles. The first-order chi connectivity index (χ1) is 15.1. The van der Waals surface area contributed by atoms with Gasteiger partial charge in [-0.05, 0) is 49.5 Å². The Bertz CT molecular complexity index is 1130. The fourth-order valence-electron chi connectivity index (χ4n) is 4.76. The van der Waals surface area contributed by atoms with E-state index in [2.05, 4.69) is 24.4 Å². The predicted octanol–water partition coefficient (Wildman–Crippen LogP) is 3.26. The van der Waals surface area contributed by atoms with E-state index in [4.69, 9.17) is 9.47 Å². The number of amides is 1. The third kappa shape index (κ3) is 3.25. The van der Waals surface area contributed by atoms with Gasteiger partial charge in [0.1, 0.15) is 4.88 Å². The molecule has 1 fully saturated rings. The van der Waals surface area contributed by atoms with Gasteiger partial charge < -0.3 is 18.9 Å². The second-order valence-electron chi connectivity index (χ2n) is 7.92. The van der Waals surface area contributed by atoms with E-state index in [1.54, 1.807) is 14.2 Å². The molecule has 10 heteroatoms. The van der Waals surface area contributed by atoms with Gasteiger partial charge in [0, 0.05) is 5.56 Å². The molecule has 9 nitrogen and oxygen atoms in total. The van der Waals surface area contributed by atoms with Crippen molar-refractivity contribution < 1.29 is 14.3 Å². The number of aromatic nitrogens is 5. The highest BCUT2D eigenvalue weighted by Gasteiger charge is 2.42. The largest absolute Gasteiger partial charge is 0.493 e. The van der Waals surface area contributed by atoms with Crippen LogP contribution in [-0.2, 0) is 6.54 Å². The summed E-state index contributed by atoms with van der Waals surface area (Å²) in [6.45, 7) is 2.26. The van der Waals surface area contributed by atoms with E-state index in [1.165, 1.54) is 0 Å². The maximum atomic E-state index is 13.3. The lowest BCUT2D eigenvalue weighted by Gasteiger charge is -2.44. The van der Waals surface area contributed by atoms with Gasteiger partial charge in [0.25, 0.3) is 5.91 Å². The van der Waals surface area contributed by atoms with Crippen LogP contribution in [-0.4, -0.2) is 55.4 Å². The highest BCUT2D eigenvalue weighted by molar-refractivity contribution is 7.07. The molecule has 2 atom stereocenters. The van der Waals surface area contributed by atoms with E-state index in [-0.39, 0.29) is 18.0 Å². The van der Waals surface area contributed by atoms with Crippen molar-refractivity contribution in [2.24, 2.45) is 0 Å². The third-order valence-corrected chi connectivity index (χ3v) is 7.07. The Labute approximate surface area is 184 Å². The summed E-state index contributed by atoms with van der Waals surface area (Å²) in [6, 6.07) is 6.02. The van der Waals surface area contributed by atoms with Gasteiger partial charge >= 0.3 is 0 Å². The fraction of sp³-hybridized carbons (Fsp3) is 0.476. The first kappa shape index (κ1) is 19.9. The number of aryl methyl sites for hydroxylation is 1. The highest BCUT2D eigenvalue weighted by atomic mass is 32.1. The van der Waals surface area contributed by atoms with E-state index in [1.807, 2.05) is 30.0 Å². The van der Waals surface area contributed by atoms with Gasteiger partial charge in [-0.15, -0.1) is 15.3 Å². The Morgan fingerprint density at radius 1 is 1.06 bits per heavy atom. The Morgan fingerprint density at radius 2 is 1.84 bits per heavy atom. The molecule has 0 saturated heterocycles. The number of nitrogens with zero attached hydrogens (tertiary/aromatic N) is 6. The zero-order valence-corrected chi connectivity index (χ0v) is 18.6. The molecule has 3 aromatic rings. The summed E-state index contributed by atoms with van der Waals surface area (Å²) in [5, 5.41) is 13.0. The average Bonchev–Trinajstić information content (AvgIpc) is 3.43. The van der Waals surface area contributed by atoms with Crippen LogP contribution in [0.1, 0.15) is 52.9 Å². The normalized spacial score (nSPS) is 20.2. The molecule has 1 aromatic carbocycles. The van der Waals surface area contributed by atoms with Crippen LogP contribution in [0.4, 0.5) is 0 Å². The number of hydrogen-bond acceptors (Lipinski definition) is 8. The Kier molecular flexibility index (Phi) is 5.09. The molecule has 162 valence electrons. The number of rotatable bonds is 4. The van der Waals surface area contributed by atoms with Crippen LogP contribution < -0.4 is 9.47 Å². The van der Waals surface area contributed by atoms with Crippen LogP contribution in [0.3, 0.4) is 0 Å². The molecule has 2 aromatic heterocycles. The fourth-order valence-corrected chi connectivity index (χ4v) is 5.37. The molecule has 1 saturated carbocycles. The Morgan fingerprint density at radius 3 is 2.55 bits per heavy atom. The minimum atomic E-state index is -0.00804. The van der Waals surface area contributed by atoms with E-state index in [0.29, 0.717) is 28.6 Å². The van der Waals surface area contributed by atoms with Crippen molar-refractivity contribution in [3.63, 3.8) is 0 Å². The Balaban J connectivity index is 1.56. The number of carbonyl (C=O) groups is 1. The van der Waals surface area contributed by atoms with Crippen LogP contribution in [0, 0.1) is 6.92 Å². The van der Waals surface area contributed by atoms with Gasteiger partial charge in [0.15, 0.2) is 23.1 Å². The van der Waals surface area contributed by atoms with Crippen LogP contribution in [0.25, 0.3) is 11.4 Å². The van der Waals surface area contributed by atoms with Crippen molar-refractivity contribution in [3.05, 3.63) is 34.6 Å². The maximum Gasteiger partial charge on any atom is 0.268 e. The summed E-state index contributed by atoms with van der Waals surface area (Å²) in [5.41, 5.74) is 1.60. The van der Waals surface area contributed by atoms with E-state index >= 15 is 0 Å². The quantitative estimate of drug-likeness (QED) is 0.614. The minimum Gasteiger partial charge on any atom is -0.493 e. The maximum absolute atomic E-state index is 13.3. The molecule has 0 unspecified atom stereocenters. The number of hydrogen-bond donors (Lipinski definition) is 0. The van der Waals surface area contributed by atoms with Gasteiger partial charge in [-0.1, -0.05) is 17.3 Å². The van der Waals surface area contributed by atoms with Crippen LogP contribution in [0.15, 0.2) is 18.2 Å². The molecule has 2 aliphatic rings. The van der Waals surface area contributed by atoms with Crippen molar-refractivity contribution in [3.8, 4) is 22.9 Å². The van der Waals surface area contributed by atoms with Crippen molar-refractivity contribution in [2.45, 2.75) is 51.2 Å². The highest BCUT2D eigenvalue weighted by Crippen LogP contribution is 2.41. The van der Waals surface area contributed by atoms with Gasteiger partial charge in [0.2, 0.25) is 0 Å². The van der Waals surface area contributed by atoms with E-state index < -0.39 is 0 Å². The van der Waals surface area contributed by atoms with Gasteiger partial charge in [-0.2, -0.15) is 0 Å². The number of fused-ring (bicyclic) bond motifs is 3. The monoisotopic (exact) mass is 440 g/mol. The smallest absolute Gasteiger partial charge is 0.268 e. The molecule has 3 heterocycles. The number of methoxy groups -OCH3 is 2. The molecule has 0 spiro atoms. The van der Waals surface area contributed by atoms with Crippen molar-refractivity contribution in [2.75, 3.05) is 14.2 Å². The first-order valence-electron chi connectivity index (χ1n) is 10.4. The van der Waals surface area contributed by atoms with Crippen molar-refractivity contribution >= 4 is 17.4 Å². The first-order valence-corrected chi connectivity index (χ1v) is 11.2. The lowest BCUT2D eigenvalue weighted by Crippen LogP contribution is -2.50. The summed E-state index contributed by atoms with van der Waals surface area (Å²) in [6.07, 6.45) is 4.17. The topological polar surface area (TPSA) is 95.3 Å². The zero-order chi connectivity index (χ0) is 21.5. The van der Waals surface area contributed by atoms with Crippen LogP contribution in [0.5, 0.6) is 11.5 Å². The molecule has 0 radical (unpaired) electrons. The summed E-state index contributed by atoms with van der Waals surface area (Å²) in [5.74, 6) is 2.92. The molecule has 1 amide bonds. The summed E-state index contributed by atoms with van der Waals surface area (Å²) >= 11 is 1.16. The summed E-state index contributed by atoms with van der Waals surface area (Å²) in [4.78, 5) is 15.9. The molecular weight excluding hydrogens is 416 g/mol. The van der Waals surface area contributed by atoms with Crippen LogP contribution >= 0.6 is 11.5 Å². The number of carbonyl (C=O) groups excluding carboxylic acids is 1. The zero-order valence-electron chi connectivity index (χ0n) is 17.7. The SMILES string of the molecule is COc1ccc(-c2nnc3n2[C@@H]2CCCC[C@H]2N(C(=O)c2snnc2C)C3)cc1OC. The Hall–Kier alpha value is -3.01. The number of ether oxygens (including phenoxy) is 2. The van der Waals surface area contributed by atoms with Gasteiger partial charge in [-0.25, -0.2) is 0 Å².